The van der Waals surface area contributed by atoms with Crippen LogP contribution in [0, 0.1) is 28.6 Å². The lowest BCUT2D eigenvalue weighted by Crippen LogP contribution is -2.62. The molecule has 4 aliphatic carbocycles. The van der Waals surface area contributed by atoms with E-state index in [9.17, 15) is 24.6 Å². The average Bonchev–Trinajstić information content (AvgIpc) is 3.53. The van der Waals surface area contributed by atoms with Crippen molar-refractivity contribution in [3.63, 3.8) is 0 Å². The van der Waals surface area contributed by atoms with Crippen molar-refractivity contribution in [1.29, 1.82) is 0 Å². The number of carbonyl (C=O) groups excluding carboxylic acids is 3. The SMILES string of the molecule is C[C@]12CCC(=O)C=C1CC[C@@H]1[C@@H]2[C@@H](O)C[C@@]2(C)[C@H]1CC[C@]2(O)C(=O)COC(=O)COc1nn(Cc2ccccc2)c2ccccc12. The summed E-state index contributed by atoms with van der Waals surface area (Å²) in [4.78, 5) is 38.6. The van der Waals surface area contributed by atoms with Crippen LogP contribution < -0.4 is 4.74 Å². The van der Waals surface area contributed by atoms with Crippen LogP contribution in [-0.4, -0.2) is 62.4 Å². The smallest absolute Gasteiger partial charge is 0.344 e. The fraction of sp³-hybridized carbons (Fsp3) is 0.514. The number of carbonyl (C=O) groups is 3. The van der Waals surface area contributed by atoms with Crippen molar-refractivity contribution in [2.45, 2.75) is 77.0 Å². The fourth-order valence-corrected chi connectivity index (χ4v) is 9.67. The molecule has 0 saturated heterocycles. The summed E-state index contributed by atoms with van der Waals surface area (Å²) in [6.45, 7) is 3.63. The molecule has 0 bridgehead atoms. The maximum absolute atomic E-state index is 13.6. The van der Waals surface area contributed by atoms with E-state index in [0.717, 1.165) is 41.3 Å². The Morgan fingerprint density at radius 2 is 1.76 bits per heavy atom. The molecular formula is C37H42N2O7. The van der Waals surface area contributed by atoms with Crippen LogP contribution in [0.25, 0.3) is 10.9 Å². The number of aromatic nitrogens is 2. The third-order valence-electron chi connectivity index (χ3n) is 12.0. The van der Waals surface area contributed by atoms with E-state index < -0.39 is 42.1 Å². The highest BCUT2D eigenvalue weighted by Gasteiger charge is 2.68. The van der Waals surface area contributed by atoms with Crippen LogP contribution in [0.1, 0.15) is 64.4 Å². The number of nitrogens with zero attached hydrogens (tertiary/aromatic N) is 2. The summed E-state index contributed by atoms with van der Waals surface area (Å²) in [6.07, 6.45) is 5.13. The van der Waals surface area contributed by atoms with Crippen molar-refractivity contribution in [2.24, 2.45) is 28.6 Å². The van der Waals surface area contributed by atoms with Crippen LogP contribution in [0.4, 0.5) is 0 Å². The normalized spacial score (nSPS) is 33.5. The van der Waals surface area contributed by atoms with Gasteiger partial charge in [0, 0.05) is 11.8 Å². The zero-order chi connectivity index (χ0) is 32.3. The lowest BCUT2D eigenvalue weighted by molar-refractivity contribution is -0.184. The first kappa shape index (κ1) is 30.8. The number of allylic oxidation sites excluding steroid dienone is 1. The summed E-state index contributed by atoms with van der Waals surface area (Å²) in [5, 5.41) is 28.9. The molecule has 3 saturated carbocycles. The molecule has 0 spiro atoms. The van der Waals surface area contributed by atoms with Gasteiger partial charge in [0.2, 0.25) is 11.7 Å². The predicted octanol–water partition coefficient (Wildman–Crippen LogP) is 4.81. The van der Waals surface area contributed by atoms with Crippen molar-refractivity contribution in [3.8, 4) is 5.88 Å². The number of aliphatic hydroxyl groups is 2. The van der Waals surface area contributed by atoms with E-state index in [4.69, 9.17) is 9.47 Å². The average molecular weight is 627 g/mol. The highest BCUT2D eigenvalue weighted by Crippen LogP contribution is 2.67. The molecule has 242 valence electrons. The fourth-order valence-electron chi connectivity index (χ4n) is 9.67. The number of rotatable bonds is 8. The molecule has 46 heavy (non-hydrogen) atoms. The van der Waals surface area contributed by atoms with Gasteiger partial charge in [0.1, 0.15) is 5.60 Å². The van der Waals surface area contributed by atoms with Gasteiger partial charge in [0.25, 0.3) is 0 Å². The molecule has 0 aliphatic heterocycles. The molecule has 2 aromatic carbocycles. The predicted molar refractivity (Wildman–Crippen MR) is 170 cm³/mol. The third-order valence-corrected chi connectivity index (χ3v) is 12.0. The zero-order valence-corrected chi connectivity index (χ0v) is 26.5. The van der Waals surface area contributed by atoms with Crippen LogP contribution >= 0.6 is 0 Å². The van der Waals surface area contributed by atoms with E-state index in [1.165, 1.54) is 0 Å². The quantitative estimate of drug-likeness (QED) is 0.341. The second-order valence-electron chi connectivity index (χ2n) is 14.3. The van der Waals surface area contributed by atoms with Crippen molar-refractivity contribution < 1.29 is 34.1 Å². The van der Waals surface area contributed by atoms with Gasteiger partial charge in [-0.2, -0.15) is 0 Å². The summed E-state index contributed by atoms with van der Waals surface area (Å²) >= 11 is 0. The Kier molecular flexibility index (Phi) is 7.67. The number of Topliss-reactive ketones (excluding diaryl/α,β-unsaturated/α-hetero) is 1. The summed E-state index contributed by atoms with van der Waals surface area (Å²) in [6, 6.07) is 17.5. The number of ether oxygens (including phenoxy) is 2. The number of aliphatic hydroxyl groups excluding tert-OH is 1. The Morgan fingerprint density at radius 3 is 2.57 bits per heavy atom. The van der Waals surface area contributed by atoms with Crippen molar-refractivity contribution in [2.75, 3.05) is 13.2 Å². The number of benzene rings is 2. The molecule has 7 atom stereocenters. The van der Waals surface area contributed by atoms with E-state index in [1.54, 1.807) is 6.08 Å². The number of ketones is 2. The number of fused-ring (bicyclic) bond motifs is 6. The largest absolute Gasteiger partial charge is 0.464 e. The maximum Gasteiger partial charge on any atom is 0.344 e. The Morgan fingerprint density at radius 1 is 1.00 bits per heavy atom. The Bertz CT molecular complexity index is 1710. The Labute approximate surface area is 268 Å². The minimum atomic E-state index is -1.71. The van der Waals surface area contributed by atoms with Gasteiger partial charge in [-0.25, -0.2) is 4.79 Å². The lowest BCUT2D eigenvalue weighted by Gasteiger charge is -2.60. The molecule has 9 heteroatoms. The topological polar surface area (TPSA) is 128 Å². The Balaban J connectivity index is 1.00. The van der Waals surface area contributed by atoms with Crippen LogP contribution in [0.15, 0.2) is 66.2 Å². The van der Waals surface area contributed by atoms with Gasteiger partial charge < -0.3 is 19.7 Å². The number of hydrogen-bond acceptors (Lipinski definition) is 8. The standard InChI is InChI=1S/C37H42N2O7/c1-35-16-14-25(40)18-24(35)12-13-26-28-15-17-37(44,36(28,2)19-30(41)33(26)35)31(42)21-45-32(43)22-46-34-27-10-6-7-11-29(27)39(38-34)20-23-8-4-3-5-9-23/h3-11,18,26,28,30,33,41,44H,12-17,19-22H2,1-2H3/t26-,28-,30-,33+,35-,36-,37-/m0/s1. The van der Waals surface area contributed by atoms with Gasteiger partial charge in [0.05, 0.1) is 23.6 Å². The summed E-state index contributed by atoms with van der Waals surface area (Å²) in [5.41, 5.74) is 0.273. The first-order chi connectivity index (χ1) is 22.0. The second kappa shape index (κ2) is 11.5. The van der Waals surface area contributed by atoms with E-state index in [1.807, 2.05) is 66.2 Å². The van der Waals surface area contributed by atoms with Crippen LogP contribution in [0.3, 0.4) is 0 Å². The second-order valence-corrected chi connectivity index (χ2v) is 14.3. The molecule has 1 heterocycles. The van der Waals surface area contributed by atoms with Crippen molar-refractivity contribution >= 4 is 28.4 Å². The van der Waals surface area contributed by atoms with E-state index in [0.29, 0.717) is 25.3 Å². The first-order valence-electron chi connectivity index (χ1n) is 16.5. The molecule has 1 aromatic heterocycles. The van der Waals surface area contributed by atoms with Crippen LogP contribution in [0.5, 0.6) is 5.88 Å². The highest BCUT2D eigenvalue weighted by molar-refractivity contribution is 5.92. The first-order valence-corrected chi connectivity index (χ1v) is 16.5. The third kappa shape index (κ3) is 4.90. The molecule has 9 nitrogen and oxygen atoms in total. The molecule has 3 fully saturated rings. The van der Waals surface area contributed by atoms with E-state index >= 15 is 0 Å². The molecule has 3 aromatic rings. The lowest BCUT2D eigenvalue weighted by atomic mass is 9.45. The minimum absolute atomic E-state index is 0.0154. The van der Waals surface area contributed by atoms with Gasteiger partial charge in [0.15, 0.2) is 19.0 Å². The Hall–Kier alpha value is -3.82. The molecular weight excluding hydrogens is 584 g/mol. The van der Waals surface area contributed by atoms with Crippen LogP contribution in [0.2, 0.25) is 0 Å². The number of esters is 1. The number of para-hydroxylation sites is 1. The summed E-state index contributed by atoms with van der Waals surface area (Å²) in [7, 11) is 0. The van der Waals surface area contributed by atoms with Crippen molar-refractivity contribution in [1.82, 2.24) is 9.78 Å². The van der Waals surface area contributed by atoms with Gasteiger partial charge in [-0.15, -0.1) is 5.10 Å². The van der Waals surface area contributed by atoms with Gasteiger partial charge in [-0.1, -0.05) is 61.9 Å². The van der Waals surface area contributed by atoms with E-state index in [-0.39, 0.29) is 41.8 Å². The molecule has 7 rings (SSSR count). The van der Waals surface area contributed by atoms with Crippen molar-refractivity contribution in [3.05, 3.63) is 71.8 Å². The van der Waals surface area contributed by atoms with E-state index in [2.05, 4.69) is 12.0 Å². The molecule has 4 aliphatic rings. The number of hydrogen-bond donors (Lipinski definition) is 2. The van der Waals surface area contributed by atoms with Gasteiger partial charge in [-0.3, -0.25) is 14.3 Å². The molecule has 0 amide bonds. The minimum Gasteiger partial charge on any atom is -0.464 e. The van der Waals surface area contributed by atoms with Crippen LogP contribution in [-0.2, 0) is 25.7 Å². The maximum atomic E-state index is 13.6. The molecule has 2 N–H and O–H groups in total. The van der Waals surface area contributed by atoms with Gasteiger partial charge in [-0.05, 0) is 85.5 Å². The highest BCUT2D eigenvalue weighted by atomic mass is 16.6. The monoisotopic (exact) mass is 626 g/mol. The summed E-state index contributed by atoms with van der Waals surface area (Å²) < 4.78 is 13.0. The molecule has 0 radical (unpaired) electrons. The molecule has 0 unspecified atom stereocenters. The zero-order valence-electron chi connectivity index (χ0n) is 26.5. The summed E-state index contributed by atoms with van der Waals surface area (Å²) in [5.74, 6) is -0.644. The van der Waals surface area contributed by atoms with Gasteiger partial charge >= 0.3 is 5.97 Å².